The molecule has 5 rings (SSSR count). The van der Waals surface area contributed by atoms with Crippen LogP contribution in [0.3, 0.4) is 0 Å². The number of hydrogen-bond acceptors (Lipinski definition) is 6. The molecular weight excluding hydrogens is 633 g/mol. The van der Waals surface area contributed by atoms with Crippen molar-refractivity contribution in [1.82, 2.24) is 20.6 Å². The third kappa shape index (κ3) is 9.77. The minimum Gasteiger partial charge on any atom is -0.480 e. The fraction of sp³-hybridized carbons (Fsp3) is 0.575. The minimum absolute atomic E-state index is 0.102. The minimum atomic E-state index is -1.14. The number of thiophene rings is 1. The number of nitrogens with zero attached hydrogens (tertiary/aromatic N) is 2. The molecule has 264 valence electrons. The van der Waals surface area contributed by atoms with Gasteiger partial charge in [0.05, 0.1) is 4.88 Å². The topological polar surface area (TPSA) is 121 Å². The van der Waals surface area contributed by atoms with Crippen LogP contribution in [0.2, 0.25) is 0 Å². The third-order valence-electron chi connectivity index (χ3n) is 10.7. The molecule has 0 aliphatic heterocycles. The monoisotopic (exact) mass is 686 g/mol. The Hall–Kier alpha value is -3.59. The molecule has 0 unspecified atom stereocenters. The van der Waals surface area contributed by atoms with Crippen LogP contribution in [0.25, 0.3) is 11.4 Å². The van der Waals surface area contributed by atoms with Crippen molar-refractivity contribution in [3.63, 3.8) is 0 Å². The van der Waals surface area contributed by atoms with Crippen molar-refractivity contribution in [2.45, 2.75) is 129 Å². The van der Waals surface area contributed by atoms with Gasteiger partial charge in [0.15, 0.2) is 5.82 Å². The summed E-state index contributed by atoms with van der Waals surface area (Å²) in [6.45, 7) is 9.96. The van der Waals surface area contributed by atoms with E-state index in [1.807, 2.05) is 42.7 Å². The lowest BCUT2D eigenvalue weighted by molar-refractivity contribution is -0.141. The molecule has 49 heavy (non-hydrogen) atoms. The van der Waals surface area contributed by atoms with E-state index in [2.05, 4.69) is 38.3 Å². The van der Waals surface area contributed by atoms with Gasteiger partial charge in [-0.2, -0.15) is 0 Å². The smallest absolute Gasteiger partial charge is 0.325 e. The van der Waals surface area contributed by atoms with E-state index >= 15 is 0 Å². The first-order chi connectivity index (χ1) is 23.4. The Labute approximate surface area is 295 Å². The predicted molar refractivity (Wildman–Crippen MR) is 196 cm³/mol. The van der Waals surface area contributed by atoms with Crippen molar-refractivity contribution >= 4 is 29.1 Å². The quantitative estimate of drug-likeness (QED) is 0.176. The third-order valence-corrected chi connectivity index (χ3v) is 12.3. The first kappa shape index (κ1) is 36.7. The highest BCUT2D eigenvalue weighted by Crippen LogP contribution is 2.44. The molecule has 8 nitrogen and oxygen atoms in total. The van der Waals surface area contributed by atoms with Crippen molar-refractivity contribution in [2.24, 2.45) is 17.8 Å². The molecular formula is C40H54N4O4S. The van der Waals surface area contributed by atoms with Gasteiger partial charge in [-0.05, 0) is 97.8 Å². The standard InChI is InChI=1S/C40H54N4O4S/c1-6-7-26-8-12-28(13-9-26)29-16-18-30(19-17-29)32-23-41-36(42-24-32)31-14-10-27(11-15-31)22-33(37(45)43-25(2)39(47)48)44-38(46)34-20-21-35(49-34)40(3,4)5/h10-11,14-15,20-21,23-26,28-30,33H,6-9,12-13,16-19,22H2,1-5H3,(H,43,45)(H,44,46)(H,47,48)/t25-,26?,28?,29?,30?,33+/m1/s1. The lowest BCUT2D eigenvalue weighted by atomic mass is 9.68. The van der Waals surface area contributed by atoms with Gasteiger partial charge in [0.2, 0.25) is 5.91 Å². The van der Waals surface area contributed by atoms with Crippen LogP contribution in [-0.2, 0) is 21.4 Å². The van der Waals surface area contributed by atoms with Gasteiger partial charge in [-0.3, -0.25) is 14.4 Å². The number of amides is 2. The average molecular weight is 687 g/mol. The van der Waals surface area contributed by atoms with Gasteiger partial charge in [0, 0.05) is 29.3 Å². The predicted octanol–water partition coefficient (Wildman–Crippen LogP) is 8.31. The summed E-state index contributed by atoms with van der Waals surface area (Å²) >= 11 is 1.39. The van der Waals surface area contributed by atoms with Crippen LogP contribution < -0.4 is 10.6 Å². The van der Waals surface area contributed by atoms with Crippen LogP contribution in [-0.4, -0.2) is 44.9 Å². The molecule has 1 aromatic carbocycles. The zero-order chi connectivity index (χ0) is 35.1. The van der Waals surface area contributed by atoms with Gasteiger partial charge >= 0.3 is 5.97 Å². The van der Waals surface area contributed by atoms with Crippen LogP contribution in [0.4, 0.5) is 0 Å². The first-order valence-corrected chi connectivity index (χ1v) is 19.1. The lowest BCUT2D eigenvalue weighted by Crippen LogP contribution is -2.51. The number of aliphatic carboxylic acids is 1. The molecule has 3 aromatic rings. The highest BCUT2D eigenvalue weighted by molar-refractivity contribution is 7.14. The molecule has 2 aliphatic carbocycles. The fourth-order valence-electron chi connectivity index (χ4n) is 7.68. The average Bonchev–Trinajstić information content (AvgIpc) is 3.61. The Kier molecular flexibility index (Phi) is 12.3. The van der Waals surface area contributed by atoms with Crippen molar-refractivity contribution in [3.8, 4) is 11.4 Å². The van der Waals surface area contributed by atoms with Crippen molar-refractivity contribution < 1.29 is 19.5 Å². The molecule has 2 aliphatic rings. The summed E-state index contributed by atoms with van der Waals surface area (Å²) < 4.78 is 0. The van der Waals surface area contributed by atoms with Gasteiger partial charge in [0.25, 0.3) is 5.91 Å². The molecule has 2 fully saturated rings. The summed E-state index contributed by atoms with van der Waals surface area (Å²) in [6, 6.07) is 9.31. The molecule has 2 amide bonds. The molecule has 9 heteroatoms. The van der Waals surface area contributed by atoms with Gasteiger partial charge < -0.3 is 15.7 Å². The molecule has 0 bridgehead atoms. The van der Waals surface area contributed by atoms with Crippen LogP contribution in [0.1, 0.15) is 130 Å². The maximum atomic E-state index is 13.2. The number of carboxylic acids is 1. The highest BCUT2D eigenvalue weighted by atomic mass is 32.1. The van der Waals surface area contributed by atoms with E-state index in [0.29, 0.717) is 16.6 Å². The van der Waals surface area contributed by atoms with E-state index in [0.717, 1.165) is 33.8 Å². The summed E-state index contributed by atoms with van der Waals surface area (Å²) in [5.41, 5.74) is 2.82. The van der Waals surface area contributed by atoms with E-state index in [1.165, 1.54) is 88.0 Å². The molecule has 0 radical (unpaired) electrons. The van der Waals surface area contributed by atoms with E-state index in [4.69, 9.17) is 9.97 Å². The van der Waals surface area contributed by atoms with Crippen LogP contribution >= 0.6 is 11.3 Å². The van der Waals surface area contributed by atoms with E-state index in [-0.39, 0.29) is 17.7 Å². The van der Waals surface area contributed by atoms with E-state index in [9.17, 15) is 19.5 Å². The number of benzene rings is 1. The molecule has 2 atom stereocenters. The summed E-state index contributed by atoms with van der Waals surface area (Å²) in [6.07, 6.45) is 17.7. The number of hydrogen-bond donors (Lipinski definition) is 3. The molecule has 0 spiro atoms. The largest absolute Gasteiger partial charge is 0.480 e. The number of nitrogens with one attached hydrogen (secondary N) is 2. The maximum absolute atomic E-state index is 13.2. The molecule has 2 heterocycles. The number of carbonyl (C=O) groups is 3. The van der Waals surface area contributed by atoms with Crippen LogP contribution in [0.15, 0.2) is 48.8 Å². The van der Waals surface area contributed by atoms with Crippen LogP contribution in [0.5, 0.6) is 0 Å². The lowest BCUT2D eigenvalue weighted by Gasteiger charge is -2.38. The van der Waals surface area contributed by atoms with Gasteiger partial charge in [-0.15, -0.1) is 11.3 Å². The number of carboxylic acid groups (broad SMARTS) is 1. The molecule has 2 saturated carbocycles. The summed E-state index contributed by atoms with van der Waals surface area (Å²) in [4.78, 5) is 48.8. The normalized spacial score (nSPS) is 22.6. The summed E-state index contributed by atoms with van der Waals surface area (Å²) in [5.74, 6) is 1.90. The van der Waals surface area contributed by atoms with Crippen molar-refractivity contribution in [3.05, 3.63) is 69.7 Å². The van der Waals surface area contributed by atoms with E-state index < -0.39 is 24.0 Å². The Balaban J connectivity index is 1.18. The fourth-order valence-corrected chi connectivity index (χ4v) is 8.65. The Morgan fingerprint density at radius 1 is 0.878 bits per heavy atom. The zero-order valence-corrected chi connectivity index (χ0v) is 30.7. The number of aromatic nitrogens is 2. The van der Waals surface area contributed by atoms with Crippen molar-refractivity contribution in [1.29, 1.82) is 0 Å². The second-order valence-corrected chi connectivity index (χ2v) is 16.5. The van der Waals surface area contributed by atoms with Crippen molar-refractivity contribution in [2.75, 3.05) is 0 Å². The molecule has 3 N–H and O–H groups in total. The Morgan fingerprint density at radius 2 is 1.49 bits per heavy atom. The SMILES string of the molecule is CCCC1CCC(C2CCC(c3cnc(-c4ccc(C[C@H](NC(=O)c5ccc(C(C)(C)C)s5)C(=O)N[C@H](C)C(=O)O)cc4)nc3)CC2)CC1. The van der Waals surface area contributed by atoms with Crippen LogP contribution in [0, 0.1) is 17.8 Å². The zero-order valence-electron chi connectivity index (χ0n) is 29.8. The highest BCUT2D eigenvalue weighted by Gasteiger charge is 2.31. The van der Waals surface area contributed by atoms with Gasteiger partial charge in [-0.1, -0.05) is 77.6 Å². The Bertz CT molecular complexity index is 1550. The summed E-state index contributed by atoms with van der Waals surface area (Å²) in [5, 5.41) is 14.7. The maximum Gasteiger partial charge on any atom is 0.325 e. The van der Waals surface area contributed by atoms with Gasteiger partial charge in [-0.25, -0.2) is 9.97 Å². The first-order valence-electron chi connectivity index (χ1n) is 18.3. The Morgan fingerprint density at radius 3 is 2.04 bits per heavy atom. The molecule has 2 aromatic heterocycles. The number of rotatable bonds is 12. The molecule has 0 saturated heterocycles. The summed E-state index contributed by atoms with van der Waals surface area (Å²) in [7, 11) is 0. The van der Waals surface area contributed by atoms with Gasteiger partial charge in [0.1, 0.15) is 12.1 Å². The van der Waals surface area contributed by atoms with E-state index in [1.54, 1.807) is 6.07 Å². The second kappa shape index (κ2) is 16.4. The second-order valence-electron chi connectivity index (χ2n) is 15.4. The number of carbonyl (C=O) groups excluding carboxylic acids is 2.